The number of amides is 1. The van der Waals surface area contributed by atoms with Gasteiger partial charge in [0.2, 0.25) is 5.91 Å². The molecule has 98 valence electrons. The quantitative estimate of drug-likeness (QED) is 0.647. The van der Waals surface area contributed by atoms with E-state index >= 15 is 0 Å². The van der Waals surface area contributed by atoms with E-state index in [-0.39, 0.29) is 18.3 Å². The lowest BCUT2D eigenvalue weighted by atomic mass is 10.1. The fraction of sp³-hybridized carbons (Fsp3) is 0.385. The highest BCUT2D eigenvalue weighted by Crippen LogP contribution is 2.15. The van der Waals surface area contributed by atoms with Crippen LogP contribution in [-0.2, 0) is 11.2 Å². The molecule has 1 amide bonds. The molecule has 0 saturated carbocycles. The van der Waals surface area contributed by atoms with Crippen LogP contribution in [0.5, 0.6) is 0 Å². The Balaban J connectivity index is 2.52. The molecular formula is C13H18ClN3O. The highest BCUT2D eigenvalue weighted by Gasteiger charge is 2.07. The second-order valence-electron chi connectivity index (χ2n) is 4.44. The lowest BCUT2D eigenvalue weighted by Crippen LogP contribution is -2.38. The van der Waals surface area contributed by atoms with E-state index in [0.29, 0.717) is 17.5 Å². The molecule has 0 saturated heterocycles. The number of nitrogens with two attached hydrogens (primary N) is 1. The van der Waals surface area contributed by atoms with Crippen LogP contribution in [0.3, 0.4) is 0 Å². The van der Waals surface area contributed by atoms with Crippen LogP contribution in [0.25, 0.3) is 0 Å². The van der Waals surface area contributed by atoms with Crippen molar-refractivity contribution in [3.63, 3.8) is 0 Å². The van der Waals surface area contributed by atoms with Crippen LogP contribution in [0, 0.1) is 5.92 Å². The molecule has 0 aliphatic carbocycles. The maximum atomic E-state index is 11.7. The zero-order chi connectivity index (χ0) is 13.5. The van der Waals surface area contributed by atoms with E-state index in [2.05, 4.69) is 10.3 Å². The summed E-state index contributed by atoms with van der Waals surface area (Å²) in [7, 11) is 0. The number of hydrogen-bond acceptors (Lipinski definition) is 2. The molecule has 18 heavy (non-hydrogen) atoms. The third-order valence-electron chi connectivity index (χ3n) is 2.20. The molecule has 0 aromatic heterocycles. The van der Waals surface area contributed by atoms with Crippen LogP contribution < -0.4 is 11.1 Å². The molecule has 1 aromatic rings. The number of aliphatic imine (C=N–C) groups is 1. The summed E-state index contributed by atoms with van der Waals surface area (Å²) in [4.78, 5) is 15.7. The molecule has 4 nitrogen and oxygen atoms in total. The molecule has 5 heteroatoms. The monoisotopic (exact) mass is 267 g/mol. The van der Waals surface area contributed by atoms with Gasteiger partial charge in [-0.1, -0.05) is 43.6 Å². The third-order valence-corrected chi connectivity index (χ3v) is 2.57. The smallest absolute Gasteiger partial charge is 0.231 e. The molecule has 0 bridgehead atoms. The van der Waals surface area contributed by atoms with E-state index in [1.165, 1.54) is 0 Å². The van der Waals surface area contributed by atoms with E-state index in [4.69, 9.17) is 17.3 Å². The summed E-state index contributed by atoms with van der Waals surface area (Å²) in [6.45, 7) is 4.66. The number of guanidine groups is 1. The van der Waals surface area contributed by atoms with Crippen molar-refractivity contribution in [1.82, 2.24) is 5.32 Å². The standard InChI is InChI=1S/C13H18ClN3O/c1-9(2)8-16-13(15)17-12(18)7-10-5-3-4-6-11(10)14/h3-6,9H,7-8H2,1-2H3,(H3,15,16,17,18). The second kappa shape index (κ2) is 7.01. The summed E-state index contributed by atoms with van der Waals surface area (Å²) in [5.41, 5.74) is 6.37. The van der Waals surface area contributed by atoms with E-state index in [1.54, 1.807) is 6.07 Å². The summed E-state index contributed by atoms with van der Waals surface area (Å²) in [6, 6.07) is 7.22. The van der Waals surface area contributed by atoms with Crippen LogP contribution in [-0.4, -0.2) is 18.4 Å². The topological polar surface area (TPSA) is 67.5 Å². The average molecular weight is 268 g/mol. The van der Waals surface area contributed by atoms with E-state index in [0.717, 1.165) is 5.56 Å². The molecule has 1 aromatic carbocycles. The van der Waals surface area contributed by atoms with Crippen LogP contribution in [0.2, 0.25) is 5.02 Å². The Morgan fingerprint density at radius 3 is 2.72 bits per heavy atom. The van der Waals surface area contributed by atoms with Crippen molar-refractivity contribution < 1.29 is 4.79 Å². The van der Waals surface area contributed by atoms with Gasteiger partial charge in [-0.15, -0.1) is 0 Å². The Labute approximate surface area is 112 Å². The van der Waals surface area contributed by atoms with E-state index in [9.17, 15) is 4.79 Å². The molecule has 0 spiro atoms. The highest BCUT2D eigenvalue weighted by molar-refractivity contribution is 6.31. The maximum absolute atomic E-state index is 11.7. The summed E-state index contributed by atoms with van der Waals surface area (Å²) >= 11 is 5.97. The lowest BCUT2D eigenvalue weighted by Gasteiger charge is -2.06. The lowest BCUT2D eigenvalue weighted by molar-refractivity contribution is -0.119. The zero-order valence-corrected chi connectivity index (χ0v) is 11.4. The van der Waals surface area contributed by atoms with Gasteiger partial charge in [0.1, 0.15) is 0 Å². The summed E-state index contributed by atoms with van der Waals surface area (Å²) in [5, 5.41) is 3.12. The van der Waals surface area contributed by atoms with Gasteiger partial charge in [0.15, 0.2) is 5.96 Å². The first-order valence-electron chi connectivity index (χ1n) is 5.82. The molecule has 0 heterocycles. The third kappa shape index (κ3) is 5.19. The minimum atomic E-state index is -0.215. The zero-order valence-electron chi connectivity index (χ0n) is 10.6. The van der Waals surface area contributed by atoms with Crippen molar-refractivity contribution in [3.05, 3.63) is 34.9 Å². The van der Waals surface area contributed by atoms with Gasteiger partial charge in [-0.25, -0.2) is 0 Å². The number of nitrogens with zero attached hydrogens (tertiary/aromatic N) is 1. The Morgan fingerprint density at radius 2 is 2.11 bits per heavy atom. The number of nitrogens with one attached hydrogen (secondary N) is 1. The average Bonchev–Trinajstić information content (AvgIpc) is 2.29. The maximum Gasteiger partial charge on any atom is 0.231 e. The largest absolute Gasteiger partial charge is 0.370 e. The van der Waals surface area contributed by atoms with Crippen molar-refractivity contribution in [2.75, 3.05) is 6.54 Å². The first-order chi connectivity index (χ1) is 8.49. The molecule has 3 N–H and O–H groups in total. The number of carbonyl (C=O) groups excluding carboxylic acids is 1. The van der Waals surface area contributed by atoms with Gasteiger partial charge in [-0.3, -0.25) is 15.1 Å². The number of halogens is 1. The molecule has 0 aliphatic rings. The van der Waals surface area contributed by atoms with Crippen LogP contribution in [0.15, 0.2) is 29.3 Å². The second-order valence-corrected chi connectivity index (χ2v) is 4.84. The summed E-state index contributed by atoms with van der Waals surface area (Å²) in [6.07, 6.45) is 0.192. The van der Waals surface area contributed by atoms with Gasteiger partial charge in [0, 0.05) is 11.6 Å². The number of carbonyl (C=O) groups is 1. The summed E-state index contributed by atoms with van der Waals surface area (Å²) < 4.78 is 0. The number of hydrogen-bond donors (Lipinski definition) is 2. The molecule has 0 fully saturated rings. The van der Waals surface area contributed by atoms with Gasteiger partial charge < -0.3 is 5.73 Å². The minimum Gasteiger partial charge on any atom is -0.370 e. The normalized spacial score (nSPS) is 11.7. The van der Waals surface area contributed by atoms with E-state index in [1.807, 2.05) is 32.0 Å². The van der Waals surface area contributed by atoms with Crippen LogP contribution >= 0.6 is 11.6 Å². The van der Waals surface area contributed by atoms with Crippen molar-refractivity contribution >= 4 is 23.5 Å². The first-order valence-corrected chi connectivity index (χ1v) is 6.20. The summed E-state index contributed by atoms with van der Waals surface area (Å²) in [5.74, 6) is 0.345. The van der Waals surface area contributed by atoms with Gasteiger partial charge in [-0.05, 0) is 17.5 Å². The Morgan fingerprint density at radius 1 is 1.44 bits per heavy atom. The van der Waals surface area contributed by atoms with Crippen LogP contribution in [0.1, 0.15) is 19.4 Å². The molecular weight excluding hydrogens is 250 g/mol. The first kappa shape index (κ1) is 14.5. The fourth-order valence-corrected chi connectivity index (χ4v) is 1.52. The predicted molar refractivity (Wildman–Crippen MR) is 74.6 cm³/mol. The Bertz CT molecular complexity index is 444. The molecule has 0 radical (unpaired) electrons. The van der Waals surface area contributed by atoms with E-state index < -0.39 is 0 Å². The highest BCUT2D eigenvalue weighted by atomic mass is 35.5. The molecule has 0 unspecified atom stereocenters. The van der Waals surface area contributed by atoms with Crippen molar-refractivity contribution in [3.8, 4) is 0 Å². The van der Waals surface area contributed by atoms with Crippen molar-refractivity contribution in [1.29, 1.82) is 0 Å². The van der Waals surface area contributed by atoms with Gasteiger partial charge in [0.05, 0.1) is 6.42 Å². The predicted octanol–water partition coefficient (Wildman–Crippen LogP) is 1.97. The minimum absolute atomic E-state index is 0.153. The molecule has 1 rings (SSSR count). The van der Waals surface area contributed by atoms with Crippen molar-refractivity contribution in [2.24, 2.45) is 16.6 Å². The SMILES string of the molecule is CC(C)CN=C(N)NC(=O)Cc1ccccc1Cl. The van der Waals surface area contributed by atoms with Crippen LogP contribution in [0.4, 0.5) is 0 Å². The fourth-order valence-electron chi connectivity index (χ4n) is 1.32. The molecule has 0 atom stereocenters. The van der Waals surface area contributed by atoms with Gasteiger partial charge in [0.25, 0.3) is 0 Å². The molecule has 0 aliphatic heterocycles. The Hall–Kier alpha value is -1.55. The van der Waals surface area contributed by atoms with Crippen molar-refractivity contribution in [2.45, 2.75) is 20.3 Å². The number of rotatable bonds is 4. The Kier molecular flexibility index (Phi) is 5.65. The van der Waals surface area contributed by atoms with Gasteiger partial charge in [-0.2, -0.15) is 0 Å². The van der Waals surface area contributed by atoms with Gasteiger partial charge >= 0.3 is 0 Å². The number of benzene rings is 1.